The third-order valence-corrected chi connectivity index (χ3v) is 3.80. The minimum absolute atomic E-state index is 0.111. The summed E-state index contributed by atoms with van der Waals surface area (Å²) in [4.78, 5) is 13.6. The van der Waals surface area contributed by atoms with Gasteiger partial charge in [-0.05, 0) is 37.7 Å². The number of benzene rings is 1. The lowest BCUT2D eigenvalue weighted by Gasteiger charge is -2.20. The number of rotatable bonds is 6. The molecule has 1 amide bonds. The van der Waals surface area contributed by atoms with Gasteiger partial charge in [-0.1, -0.05) is 29.8 Å². The standard InChI is InChI=1S/C16H23NO2/c1-12-3-5-13(6-4-12)7-10-16(19)17(2)11-15(18)14-8-9-14/h3-6,14-15,18H,7-11H2,1-2H3. The minimum Gasteiger partial charge on any atom is -0.391 e. The summed E-state index contributed by atoms with van der Waals surface area (Å²) in [6.07, 6.45) is 3.15. The Morgan fingerprint density at radius 1 is 1.37 bits per heavy atom. The van der Waals surface area contributed by atoms with Gasteiger partial charge in [0.05, 0.1) is 6.10 Å². The number of aryl methyl sites for hydroxylation is 2. The van der Waals surface area contributed by atoms with Crippen LogP contribution in [-0.4, -0.2) is 35.6 Å². The molecule has 0 heterocycles. The van der Waals surface area contributed by atoms with E-state index in [1.165, 1.54) is 11.1 Å². The van der Waals surface area contributed by atoms with Crippen molar-refractivity contribution in [2.24, 2.45) is 5.92 Å². The predicted octanol–water partition coefficient (Wildman–Crippen LogP) is 2.16. The number of hydrogen-bond donors (Lipinski definition) is 1. The molecule has 1 aromatic rings. The second-order valence-electron chi connectivity index (χ2n) is 5.66. The molecule has 3 nitrogen and oxygen atoms in total. The van der Waals surface area contributed by atoms with Gasteiger partial charge in [-0.25, -0.2) is 0 Å². The largest absolute Gasteiger partial charge is 0.391 e. The second kappa shape index (κ2) is 6.20. The van der Waals surface area contributed by atoms with Gasteiger partial charge in [0.2, 0.25) is 5.91 Å². The zero-order valence-corrected chi connectivity index (χ0v) is 11.8. The monoisotopic (exact) mass is 261 g/mol. The first kappa shape index (κ1) is 14.1. The van der Waals surface area contributed by atoms with E-state index in [9.17, 15) is 9.90 Å². The molecule has 1 fully saturated rings. The molecule has 0 aromatic heterocycles. The summed E-state index contributed by atoms with van der Waals surface area (Å²) in [6, 6.07) is 8.28. The van der Waals surface area contributed by atoms with Gasteiger partial charge >= 0.3 is 0 Å². The van der Waals surface area contributed by atoms with Crippen LogP contribution in [0.2, 0.25) is 0 Å². The maximum Gasteiger partial charge on any atom is 0.222 e. The maximum atomic E-state index is 12.0. The molecule has 0 radical (unpaired) electrons. The van der Waals surface area contributed by atoms with Gasteiger partial charge in [-0.3, -0.25) is 4.79 Å². The molecule has 0 bridgehead atoms. The summed E-state index contributed by atoms with van der Waals surface area (Å²) >= 11 is 0. The average molecular weight is 261 g/mol. The van der Waals surface area contributed by atoms with E-state index in [-0.39, 0.29) is 12.0 Å². The lowest BCUT2D eigenvalue weighted by molar-refractivity contribution is -0.131. The summed E-state index contributed by atoms with van der Waals surface area (Å²) in [5.74, 6) is 0.535. The second-order valence-corrected chi connectivity index (χ2v) is 5.66. The highest BCUT2D eigenvalue weighted by Gasteiger charge is 2.30. The van der Waals surface area contributed by atoms with E-state index in [2.05, 4.69) is 31.2 Å². The molecule has 1 aliphatic rings. The normalized spacial score (nSPS) is 16.2. The Labute approximate surface area is 115 Å². The molecule has 0 spiro atoms. The van der Waals surface area contributed by atoms with Gasteiger partial charge in [-0.15, -0.1) is 0 Å². The molecule has 0 aliphatic heterocycles. The van der Waals surface area contributed by atoms with Crippen molar-refractivity contribution in [3.63, 3.8) is 0 Å². The topological polar surface area (TPSA) is 40.5 Å². The van der Waals surface area contributed by atoms with E-state index in [4.69, 9.17) is 0 Å². The van der Waals surface area contributed by atoms with Crippen LogP contribution in [0, 0.1) is 12.8 Å². The van der Waals surface area contributed by atoms with Crippen LogP contribution in [0.15, 0.2) is 24.3 Å². The number of nitrogens with zero attached hydrogens (tertiary/aromatic N) is 1. The third kappa shape index (κ3) is 4.35. The van der Waals surface area contributed by atoms with Crippen LogP contribution >= 0.6 is 0 Å². The lowest BCUT2D eigenvalue weighted by atomic mass is 10.1. The van der Waals surface area contributed by atoms with Crippen LogP contribution in [0.25, 0.3) is 0 Å². The van der Waals surface area contributed by atoms with Crippen molar-refractivity contribution >= 4 is 5.91 Å². The van der Waals surface area contributed by atoms with Gasteiger partial charge in [0.25, 0.3) is 0 Å². The van der Waals surface area contributed by atoms with Crippen LogP contribution in [-0.2, 0) is 11.2 Å². The van der Waals surface area contributed by atoms with Crippen molar-refractivity contribution in [3.05, 3.63) is 35.4 Å². The molecule has 2 rings (SSSR count). The summed E-state index contributed by atoms with van der Waals surface area (Å²) in [5.41, 5.74) is 2.43. The van der Waals surface area contributed by atoms with Crippen molar-refractivity contribution in [2.75, 3.05) is 13.6 Å². The molecule has 104 valence electrons. The summed E-state index contributed by atoms with van der Waals surface area (Å²) in [6.45, 7) is 2.53. The number of carbonyl (C=O) groups is 1. The first-order chi connectivity index (χ1) is 9.06. The zero-order chi connectivity index (χ0) is 13.8. The maximum absolute atomic E-state index is 12.0. The summed E-state index contributed by atoms with van der Waals surface area (Å²) in [7, 11) is 1.78. The minimum atomic E-state index is -0.340. The van der Waals surface area contributed by atoms with Gasteiger partial charge in [0.15, 0.2) is 0 Å². The number of aliphatic hydroxyl groups is 1. The van der Waals surface area contributed by atoms with Gasteiger partial charge in [0, 0.05) is 20.0 Å². The van der Waals surface area contributed by atoms with E-state index < -0.39 is 0 Å². The summed E-state index contributed by atoms with van der Waals surface area (Å²) < 4.78 is 0. The van der Waals surface area contributed by atoms with Crippen molar-refractivity contribution in [1.29, 1.82) is 0 Å². The van der Waals surface area contributed by atoms with Gasteiger partial charge in [-0.2, -0.15) is 0 Å². The Morgan fingerprint density at radius 2 is 2.00 bits per heavy atom. The summed E-state index contributed by atoms with van der Waals surface area (Å²) in [5, 5.41) is 9.83. The molecule has 1 unspecified atom stereocenters. The van der Waals surface area contributed by atoms with Crippen molar-refractivity contribution in [1.82, 2.24) is 4.90 Å². The molecular weight excluding hydrogens is 238 g/mol. The number of carbonyl (C=O) groups excluding carboxylic acids is 1. The lowest BCUT2D eigenvalue weighted by Crippen LogP contribution is -2.35. The van der Waals surface area contributed by atoms with E-state index in [1.807, 2.05) is 0 Å². The molecule has 0 saturated heterocycles. The highest BCUT2D eigenvalue weighted by molar-refractivity contribution is 5.76. The first-order valence-electron chi connectivity index (χ1n) is 7.04. The fourth-order valence-corrected chi connectivity index (χ4v) is 2.21. The Morgan fingerprint density at radius 3 is 2.58 bits per heavy atom. The Balaban J connectivity index is 1.75. The van der Waals surface area contributed by atoms with E-state index >= 15 is 0 Å². The van der Waals surface area contributed by atoms with E-state index in [0.29, 0.717) is 18.9 Å². The molecule has 1 atom stereocenters. The smallest absolute Gasteiger partial charge is 0.222 e. The van der Waals surface area contributed by atoms with Crippen LogP contribution in [0.4, 0.5) is 0 Å². The molecular formula is C16H23NO2. The van der Waals surface area contributed by atoms with Crippen LogP contribution in [0.5, 0.6) is 0 Å². The number of hydrogen-bond acceptors (Lipinski definition) is 2. The highest BCUT2D eigenvalue weighted by Crippen LogP contribution is 2.32. The van der Waals surface area contributed by atoms with Crippen molar-refractivity contribution in [2.45, 2.75) is 38.7 Å². The van der Waals surface area contributed by atoms with Crippen molar-refractivity contribution in [3.8, 4) is 0 Å². The van der Waals surface area contributed by atoms with Crippen LogP contribution in [0.3, 0.4) is 0 Å². The molecule has 1 N–H and O–H groups in total. The van der Waals surface area contributed by atoms with Crippen LogP contribution < -0.4 is 0 Å². The Bertz CT molecular complexity index is 423. The molecule has 3 heteroatoms. The Hall–Kier alpha value is -1.35. The van der Waals surface area contributed by atoms with Crippen LogP contribution in [0.1, 0.15) is 30.4 Å². The predicted molar refractivity (Wildman–Crippen MR) is 75.9 cm³/mol. The fourth-order valence-electron chi connectivity index (χ4n) is 2.21. The number of amides is 1. The average Bonchev–Trinajstić information content (AvgIpc) is 3.21. The first-order valence-corrected chi connectivity index (χ1v) is 7.04. The molecule has 1 aliphatic carbocycles. The highest BCUT2D eigenvalue weighted by atomic mass is 16.3. The van der Waals surface area contributed by atoms with Gasteiger partial charge in [0.1, 0.15) is 0 Å². The third-order valence-electron chi connectivity index (χ3n) is 3.80. The zero-order valence-electron chi connectivity index (χ0n) is 11.8. The Kier molecular flexibility index (Phi) is 4.59. The molecule has 1 aromatic carbocycles. The molecule has 19 heavy (non-hydrogen) atoms. The van der Waals surface area contributed by atoms with Crippen molar-refractivity contribution < 1.29 is 9.90 Å². The number of aliphatic hydroxyl groups excluding tert-OH is 1. The van der Waals surface area contributed by atoms with E-state index in [0.717, 1.165) is 19.3 Å². The SMILES string of the molecule is Cc1ccc(CCC(=O)N(C)CC(O)C2CC2)cc1. The fraction of sp³-hybridized carbons (Fsp3) is 0.562. The quantitative estimate of drug-likeness (QED) is 0.852. The van der Waals surface area contributed by atoms with Gasteiger partial charge < -0.3 is 10.0 Å². The van der Waals surface area contributed by atoms with E-state index in [1.54, 1.807) is 11.9 Å². The number of likely N-dealkylation sites (N-methyl/N-ethyl adjacent to an activating group) is 1. The molecule has 1 saturated carbocycles.